The fourth-order valence-corrected chi connectivity index (χ4v) is 4.50. The number of rotatable bonds is 4. The lowest BCUT2D eigenvalue weighted by atomic mass is 10.0. The van der Waals surface area contributed by atoms with E-state index in [0.29, 0.717) is 18.0 Å². The molecule has 5 heterocycles. The zero-order valence-corrected chi connectivity index (χ0v) is 17.4. The Morgan fingerprint density at radius 1 is 1.17 bits per heavy atom. The molecule has 0 bridgehead atoms. The standard InChI is InChI=1S/C22H28N6O2/c1-26-8-10-27(11-9-26)20-19-18(22(29)23-14-16-5-12-30-13-6-16)17-4-2-3-7-28(17)21(19)25-15-24-20/h2-4,7,15-16H,5-6,8-14H2,1H3,(H,23,29). The van der Waals surface area contributed by atoms with Crippen molar-refractivity contribution < 1.29 is 9.53 Å². The van der Waals surface area contributed by atoms with E-state index in [9.17, 15) is 4.79 Å². The summed E-state index contributed by atoms with van der Waals surface area (Å²) in [6.45, 7) is 5.95. The zero-order chi connectivity index (χ0) is 20.5. The van der Waals surface area contributed by atoms with Crippen molar-refractivity contribution in [3.8, 4) is 0 Å². The lowest BCUT2D eigenvalue weighted by molar-refractivity contribution is 0.0643. The van der Waals surface area contributed by atoms with Crippen LogP contribution in [0.5, 0.6) is 0 Å². The van der Waals surface area contributed by atoms with Gasteiger partial charge < -0.3 is 24.3 Å². The van der Waals surface area contributed by atoms with Crippen LogP contribution < -0.4 is 10.2 Å². The van der Waals surface area contributed by atoms with Gasteiger partial charge >= 0.3 is 0 Å². The fraction of sp³-hybridized carbons (Fsp3) is 0.500. The normalized spacial score (nSPS) is 18.9. The Morgan fingerprint density at radius 2 is 1.97 bits per heavy atom. The third kappa shape index (κ3) is 3.50. The Morgan fingerprint density at radius 3 is 2.77 bits per heavy atom. The van der Waals surface area contributed by atoms with Crippen molar-refractivity contribution in [2.24, 2.45) is 5.92 Å². The van der Waals surface area contributed by atoms with Crippen LogP contribution >= 0.6 is 0 Å². The maximum Gasteiger partial charge on any atom is 0.254 e. The van der Waals surface area contributed by atoms with Gasteiger partial charge in [0.2, 0.25) is 0 Å². The fourth-order valence-electron chi connectivity index (χ4n) is 4.50. The molecule has 2 fully saturated rings. The monoisotopic (exact) mass is 408 g/mol. The van der Waals surface area contributed by atoms with Crippen LogP contribution in [0.4, 0.5) is 5.82 Å². The Kier molecular flexibility index (Phi) is 5.26. The number of hydrogen-bond donors (Lipinski definition) is 1. The van der Waals surface area contributed by atoms with Gasteiger partial charge in [-0.05, 0) is 37.9 Å². The van der Waals surface area contributed by atoms with E-state index in [1.165, 1.54) is 0 Å². The molecule has 1 amide bonds. The van der Waals surface area contributed by atoms with Gasteiger partial charge in [0.05, 0.1) is 16.5 Å². The average molecular weight is 409 g/mol. The molecule has 0 aromatic carbocycles. The Balaban J connectivity index is 1.55. The van der Waals surface area contributed by atoms with Crippen LogP contribution in [0.3, 0.4) is 0 Å². The van der Waals surface area contributed by atoms with Crippen LogP contribution in [0.15, 0.2) is 30.7 Å². The first-order valence-electron chi connectivity index (χ1n) is 10.8. The van der Waals surface area contributed by atoms with Crippen LogP contribution in [0.25, 0.3) is 16.6 Å². The summed E-state index contributed by atoms with van der Waals surface area (Å²) in [6.07, 6.45) is 5.56. The molecular weight excluding hydrogens is 380 g/mol. The molecule has 8 heteroatoms. The van der Waals surface area contributed by atoms with E-state index < -0.39 is 0 Å². The zero-order valence-electron chi connectivity index (χ0n) is 17.4. The Labute approximate surface area is 175 Å². The molecule has 2 aliphatic rings. The number of piperazine rings is 1. The van der Waals surface area contributed by atoms with Gasteiger partial charge in [0.1, 0.15) is 12.1 Å². The minimum absolute atomic E-state index is 0.0506. The largest absolute Gasteiger partial charge is 0.381 e. The molecule has 0 aliphatic carbocycles. The first-order valence-corrected chi connectivity index (χ1v) is 10.8. The van der Waals surface area contributed by atoms with Crippen LogP contribution in [-0.2, 0) is 4.74 Å². The molecule has 0 atom stereocenters. The van der Waals surface area contributed by atoms with E-state index in [0.717, 1.165) is 74.6 Å². The molecule has 0 radical (unpaired) electrons. The molecule has 0 unspecified atom stereocenters. The van der Waals surface area contributed by atoms with Crippen LogP contribution in [0.2, 0.25) is 0 Å². The molecule has 0 saturated carbocycles. The lowest BCUT2D eigenvalue weighted by Gasteiger charge is -2.33. The highest BCUT2D eigenvalue weighted by Crippen LogP contribution is 2.32. The number of ether oxygens (including phenoxy) is 1. The first-order chi connectivity index (χ1) is 14.7. The molecule has 5 rings (SSSR count). The lowest BCUT2D eigenvalue weighted by Crippen LogP contribution is -2.45. The molecule has 3 aromatic rings. The number of carbonyl (C=O) groups is 1. The number of nitrogens with one attached hydrogen (secondary N) is 1. The number of likely N-dealkylation sites (N-methyl/N-ethyl adjacent to an activating group) is 1. The van der Waals surface area contributed by atoms with E-state index in [-0.39, 0.29) is 5.91 Å². The summed E-state index contributed by atoms with van der Waals surface area (Å²) in [5, 5.41) is 4.03. The van der Waals surface area contributed by atoms with Crippen molar-refractivity contribution >= 4 is 28.3 Å². The van der Waals surface area contributed by atoms with E-state index in [1.807, 2.05) is 28.8 Å². The molecule has 2 saturated heterocycles. The van der Waals surface area contributed by atoms with Gasteiger partial charge in [0, 0.05) is 52.1 Å². The molecular formula is C22H28N6O2. The average Bonchev–Trinajstić information content (AvgIpc) is 3.13. The predicted octanol–water partition coefficient (Wildman–Crippen LogP) is 1.79. The highest BCUT2D eigenvalue weighted by Gasteiger charge is 2.26. The van der Waals surface area contributed by atoms with Crippen molar-refractivity contribution in [3.63, 3.8) is 0 Å². The van der Waals surface area contributed by atoms with Gasteiger partial charge in [0.15, 0.2) is 5.65 Å². The summed E-state index contributed by atoms with van der Waals surface area (Å²) < 4.78 is 7.44. The number of pyridine rings is 1. The first kappa shape index (κ1) is 19.3. The number of aromatic nitrogens is 3. The third-order valence-electron chi connectivity index (χ3n) is 6.32. The van der Waals surface area contributed by atoms with Gasteiger partial charge in [-0.3, -0.25) is 4.79 Å². The third-order valence-corrected chi connectivity index (χ3v) is 6.32. The molecule has 1 N–H and O–H groups in total. The molecule has 30 heavy (non-hydrogen) atoms. The van der Waals surface area contributed by atoms with Crippen molar-refractivity contribution in [2.75, 3.05) is 57.9 Å². The van der Waals surface area contributed by atoms with Crippen molar-refractivity contribution in [3.05, 3.63) is 36.3 Å². The van der Waals surface area contributed by atoms with E-state index in [4.69, 9.17) is 4.74 Å². The van der Waals surface area contributed by atoms with Crippen molar-refractivity contribution in [1.29, 1.82) is 0 Å². The Hall–Kier alpha value is -2.71. The van der Waals surface area contributed by atoms with Gasteiger partial charge in [-0.2, -0.15) is 0 Å². The number of nitrogens with zero attached hydrogens (tertiary/aromatic N) is 5. The van der Waals surface area contributed by atoms with E-state index in [1.54, 1.807) is 6.33 Å². The highest BCUT2D eigenvalue weighted by molar-refractivity contribution is 6.16. The maximum absolute atomic E-state index is 13.4. The summed E-state index contributed by atoms with van der Waals surface area (Å²) in [5.74, 6) is 1.27. The number of fused-ring (bicyclic) bond motifs is 3. The number of hydrogen-bond acceptors (Lipinski definition) is 6. The minimum atomic E-state index is -0.0506. The summed E-state index contributed by atoms with van der Waals surface area (Å²) in [6, 6.07) is 5.92. The minimum Gasteiger partial charge on any atom is -0.381 e. The molecule has 0 spiro atoms. The maximum atomic E-state index is 13.4. The SMILES string of the molecule is CN1CCN(c2ncnc3c2c(C(=O)NCC2CCOCC2)c2ccccn23)CC1. The molecule has 158 valence electrons. The Bertz CT molecular complexity index is 1050. The molecule has 2 aliphatic heterocycles. The molecule has 3 aromatic heterocycles. The molecule has 8 nitrogen and oxygen atoms in total. The second-order valence-electron chi connectivity index (χ2n) is 8.28. The summed E-state index contributed by atoms with van der Waals surface area (Å²) >= 11 is 0. The topological polar surface area (TPSA) is 75.0 Å². The van der Waals surface area contributed by atoms with Crippen LogP contribution in [0.1, 0.15) is 23.2 Å². The summed E-state index contributed by atoms with van der Waals surface area (Å²) in [7, 11) is 2.13. The van der Waals surface area contributed by atoms with Crippen LogP contribution in [0, 0.1) is 5.92 Å². The van der Waals surface area contributed by atoms with Gasteiger partial charge in [0.25, 0.3) is 5.91 Å². The van der Waals surface area contributed by atoms with Gasteiger partial charge in [-0.15, -0.1) is 0 Å². The van der Waals surface area contributed by atoms with Crippen molar-refractivity contribution in [2.45, 2.75) is 12.8 Å². The second-order valence-corrected chi connectivity index (χ2v) is 8.28. The smallest absolute Gasteiger partial charge is 0.254 e. The highest BCUT2D eigenvalue weighted by atomic mass is 16.5. The summed E-state index contributed by atoms with van der Waals surface area (Å²) in [4.78, 5) is 27.2. The predicted molar refractivity (Wildman–Crippen MR) is 116 cm³/mol. The van der Waals surface area contributed by atoms with Gasteiger partial charge in [-0.1, -0.05) is 6.07 Å². The van der Waals surface area contributed by atoms with Crippen LogP contribution in [-0.4, -0.2) is 78.2 Å². The van der Waals surface area contributed by atoms with Crippen molar-refractivity contribution in [1.82, 2.24) is 24.6 Å². The van der Waals surface area contributed by atoms with E-state index in [2.05, 4.69) is 32.1 Å². The van der Waals surface area contributed by atoms with Gasteiger partial charge in [-0.25, -0.2) is 9.97 Å². The number of carbonyl (C=O) groups excluding carboxylic acids is 1. The summed E-state index contributed by atoms with van der Waals surface area (Å²) in [5.41, 5.74) is 2.32. The van der Waals surface area contributed by atoms with E-state index >= 15 is 0 Å². The quantitative estimate of drug-likeness (QED) is 0.710. The number of amides is 1. The second kappa shape index (κ2) is 8.20. The number of anilines is 1.